The monoisotopic (exact) mass is 167 g/mol. The van der Waals surface area contributed by atoms with Crippen LogP contribution in [0.25, 0.3) is 0 Å². The van der Waals surface area contributed by atoms with Gasteiger partial charge in [0.2, 0.25) is 5.56 Å². The normalized spacial score (nSPS) is 9.83. The van der Waals surface area contributed by atoms with E-state index in [2.05, 4.69) is 0 Å². The maximum absolute atomic E-state index is 11.0. The van der Waals surface area contributed by atoms with Crippen molar-refractivity contribution >= 4 is 5.97 Å². The lowest BCUT2D eigenvalue weighted by Gasteiger charge is -2.04. The number of nitrogens with zero attached hydrogens (tertiary/aromatic N) is 1. The Morgan fingerprint density at radius 1 is 1.50 bits per heavy atom. The zero-order valence-electron chi connectivity index (χ0n) is 6.87. The standard InChI is InChI=1S/C8H9NO3/c1-5-6(8(11)12)3-4-7(10)9(5)2/h3-4H,1-2H3,(H,11,12). The molecule has 0 bridgehead atoms. The first-order valence-corrected chi connectivity index (χ1v) is 3.44. The van der Waals surface area contributed by atoms with E-state index in [0.29, 0.717) is 5.69 Å². The van der Waals surface area contributed by atoms with Crippen molar-refractivity contribution in [1.29, 1.82) is 0 Å². The van der Waals surface area contributed by atoms with E-state index in [1.54, 1.807) is 14.0 Å². The van der Waals surface area contributed by atoms with Gasteiger partial charge in [-0.2, -0.15) is 0 Å². The van der Waals surface area contributed by atoms with Gasteiger partial charge in [0.25, 0.3) is 0 Å². The van der Waals surface area contributed by atoms with Crippen LogP contribution in [-0.2, 0) is 7.05 Å². The van der Waals surface area contributed by atoms with Gasteiger partial charge in [-0.25, -0.2) is 4.79 Å². The molecule has 0 unspecified atom stereocenters. The van der Waals surface area contributed by atoms with Crippen molar-refractivity contribution in [3.63, 3.8) is 0 Å². The van der Waals surface area contributed by atoms with E-state index in [9.17, 15) is 9.59 Å². The largest absolute Gasteiger partial charge is 0.478 e. The van der Waals surface area contributed by atoms with Crippen LogP contribution in [0.2, 0.25) is 0 Å². The van der Waals surface area contributed by atoms with Crippen LogP contribution in [-0.4, -0.2) is 15.6 Å². The highest BCUT2D eigenvalue weighted by Crippen LogP contribution is 2.02. The van der Waals surface area contributed by atoms with Crippen molar-refractivity contribution < 1.29 is 9.90 Å². The first-order valence-electron chi connectivity index (χ1n) is 3.44. The smallest absolute Gasteiger partial charge is 0.337 e. The second-order valence-corrected chi connectivity index (χ2v) is 2.53. The molecule has 0 saturated carbocycles. The molecule has 4 heteroatoms. The molecule has 0 aliphatic heterocycles. The number of carboxylic acids is 1. The molecule has 0 aliphatic carbocycles. The van der Waals surface area contributed by atoms with Gasteiger partial charge in [-0.3, -0.25) is 4.79 Å². The fourth-order valence-electron chi connectivity index (χ4n) is 0.959. The molecule has 1 heterocycles. The lowest BCUT2D eigenvalue weighted by Crippen LogP contribution is -2.20. The number of hydrogen-bond donors (Lipinski definition) is 1. The van der Waals surface area contributed by atoms with E-state index in [0.717, 1.165) is 0 Å². The molecule has 1 aromatic rings. The molecule has 0 amide bonds. The van der Waals surface area contributed by atoms with Gasteiger partial charge in [0.05, 0.1) is 5.56 Å². The molecule has 0 aliphatic rings. The summed E-state index contributed by atoms with van der Waals surface area (Å²) in [5, 5.41) is 8.67. The van der Waals surface area contributed by atoms with Crippen molar-refractivity contribution in [1.82, 2.24) is 4.57 Å². The summed E-state index contributed by atoms with van der Waals surface area (Å²) in [5.74, 6) is -1.01. The molecule has 1 aromatic heterocycles. The zero-order chi connectivity index (χ0) is 9.30. The maximum Gasteiger partial charge on any atom is 0.337 e. The van der Waals surface area contributed by atoms with E-state index in [-0.39, 0.29) is 11.1 Å². The molecule has 0 spiro atoms. The number of aromatic nitrogens is 1. The highest BCUT2D eigenvalue weighted by atomic mass is 16.4. The Kier molecular flexibility index (Phi) is 1.99. The van der Waals surface area contributed by atoms with Crippen LogP contribution < -0.4 is 5.56 Å². The summed E-state index contributed by atoms with van der Waals surface area (Å²) in [6.07, 6.45) is 0. The predicted molar refractivity (Wildman–Crippen MR) is 43.4 cm³/mol. The Labute approximate surface area is 69.1 Å². The molecule has 64 valence electrons. The van der Waals surface area contributed by atoms with Crippen molar-refractivity contribution in [3.8, 4) is 0 Å². The van der Waals surface area contributed by atoms with Crippen molar-refractivity contribution in [2.45, 2.75) is 6.92 Å². The molecule has 12 heavy (non-hydrogen) atoms. The average Bonchev–Trinajstić information content (AvgIpc) is 2.00. The van der Waals surface area contributed by atoms with Gasteiger partial charge in [0, 0.05) is 18.8 Å². The molecular weight excluding hydrogens is 158 g/mol. The Balaban J connectivity index is 3.47. The topological polar surface area (TPSA) is 59.3 Å². The van der Waals surface area contributed by atoms with Gasteiger partial charge in [0.1, 0.15) is 0 Å². The number of carbonyl (C=O) groups is 1. The summed E-state index contributed by atoms with van der Waals surface area (Å²) >= 11 is 0. The zero-order valence-corrected chi connectivity index (χ0v) is 6.87. The average molecular weight is 167 g/mol. The van der Waals surface area contributed by atoms with Crippen LogP contribution in [0, 0.1) is 6.92 Å². The Morgan fingerprint density at radius 3 is 2.58 bits per heavy atom. The summed E-state index contributed by atoms with van der Waals surface area (Å²) < 4.78 is 1.31. The van der Waals surface area contributed by atoms with Gasteiger partial charge in [-0.1, -0.05) is 0 Å². The van der Waals surface area contributed by atoms with E-state index in [1.807, 2.05) is 0 Å². The highest BCUT2D eigenvalue weighted by molar-refractivity contribution is 5.88. The van der Waals surface area contributed by atoms with E-state index < -0.39 is 5.97 Å². The first-order chi connectivity index (χ1) is 5.54. The van der Waals surface area contributed by atoms with Crippen LogP contribution in [0.4, 0.5) is 0 Å². The second kappa shape index (κ2) is 2.81. The summed E-state index contributed by atoms with van der Waals surface area (Å²) in [6.45, 7) is 1.60. The Morgan fingerprint density at radius 2 is 2.08 bits per heavy atom. The summed E-state index contributed by atoms with van der Waals surface area (Å²) in [7, 11) is 1.55. The third kappa shape index (κ3) is 1.23. The quantitative estimate of drug-likeness (QED) is 0.658. The third-order valence-electron chi connectivity index (χ3n) is 1.85. The van der Waals surface area contributed by atoms with Crippen molar-refractivity contribution in [2.75, 3.05) is 0 Å². The van der Waals surface area contributed by atoms with E-state index in [4.69, 9.17) is 5.11 Å². The molecule has 1 N–H and O–H groups in total. The minimum absolute atomic E-state index is 0.164. The van der Waals surface area contributed by atoms with Crippen molar-refractivity contribution in [2.24, 2.45) is 7.05 Å². The predicted octanol–water partition coefficient (Wildman–Crippen LogP) is 0.392. The summed E-state index contributed by atoms with van der Waals surface area (Å²) in [6, 6.07) is 2.57. The number of carboxylic acid groups (broad SMARTS) is 1. The van der Waals surface area contributed by atoms with Gasteiger partial charge in [-0.15, -0.1) is 0 Å². The SMILES string of the molecule is Cc1c(C(=O)O)ccc(=O)n1C. The first kappa shape index (κ1) is 8.52. The second-order valence-electron chi connectivity index (χ2n) is 2.53. The van der Waals surface area contributed by atoms with Gasteiger partial charge in [-0.05, 0) is 13.0 Å². The number of hydrogen-bond acceptors (Lipinski definition) is 2. The molecule has 1 rings (SSSR count). The van der Waals surface area contributed by atoms with Crippen LogP contribution in [0.15, 0.2) is 16.9 Å². The molecule has 0 saturated heterocycles. The van der Waals surface area contributed by atoms with Crippen molar-refractivity contribution in [3.05, 3.63) is 33.7 Å². The van der Waals surface area contributed by atoms with Crippen LogP contribution >= 0.6 is 0 Å². The highest BCUT2D eigenvalue weighted by Gasteiger charge is 2.08. The van der Waals surface area contributed by atoms with Gasteiger partial charge >= 0.3 is 5.97 Å². The number of pyridine rings is 1. The van der Waals surface area contributed by atoms with Crippen LogP contribution in [0.5, 0.6) is 0 Å². The minimum atomic E-state index is -1.01. The molecule has 0 radical (unpaired) electrons. The number of aromatic carboxylic acids is 1. The maximum atomic E-state index is 11.0. The Bertz CT molecular complexity index is 378. The molecular formula is C8H9NO3. The van der Waals surface area contributed by atoms with Gasteiger partial charge in [0.15, 0.2) is 0 Å². The fourth-order valence-corrected chi connectivity index (χ4v) is 0.959. The molecule has 0 aromatic carbocycles. The van der Waals surface area contributed by atoms with Gasteiger partial charge < -0.3 is 9.67 Å². The molecule has 0 fully saturated rings. The lowest BCUT2D eigenvalue weighted by molar-refractivity contribution is 0.0695. The summed E-state index contributed by atoms with van der Waals surface area (Å²) in [5.41, 5.74) is 0.435. The van der Waals surface area contributed by atoms with Crippen LogP contribution in [0.1, 0.15) is 16.1 Å². The molecule has 0 atom stereocenters. The van der Waals surface area contributed by atoms with Crippen LogP contribution in [0.3, 0.4) is 0 Å². The lowest BCUT2D eigenvalue weighted by atomic mass is 10.2. The fraction of sp³-hybridized carbons (Fsp3) is 0.250. The molecule has 4 nitrogen and oxygen atoms in total. The van der Waals surface area contributed by atoms with E-state index in [1.165, 1.54) is 16.7 Å². The third-order valence-corrected chi connectivity index (χ3v) is 1.85. The minimum Gasteiger partial charge on any atom is -0.478 e. The van der Waals surface area contributed by atoms with E-state index >= 15 is 0 Å². The Hall–Kier alpha value is -1.58. The number of rotatable bonds is 1. The summed E-state index contributed by atoms with van der Waals surface area (Å²) in [4.78, 5) is 21.6.